The fraction of sp³-hybridized carbons (Fsp3) is 0.304. The summed E-state index contributed by atoms with van der Waals surface area (Å²) in [5.41, 5.74) is 2.49. The number of hydrogen-bond donors (Lipinski definition) is 1. The minimum Gasteiger partial charge on any atom is -0.416 e. The quantitative estimate of drug-likeness (QED) is 0.460. The van der Waals surface area contributed by atoms with E-state index >= 15 is 0 Å². The molecule has 3 aromatic rings. The summed E-state index contributed by atoms with van der Waals surface area (Å²) >= 11 is 4.64. The van der Waals surface area contributed by atoms with Gasteiger partial charge in [0.15, 0.2) is 0 Å². The molecule has 0 bridgehead atoms. The number of nitrogens with zero attached hydrogens (tertiary/aromatic N) is 4. The van der Waals surface area contributed by atoms with Gasteiger partial charge in [0.05, 0.1) is 5.75 Å². The molecule has 0 aliphatic carbocycles. The summed E-state index contributed by atoms with van der Waals surface area (Å²) in [5, 5.41) is 11.1. The molecular weight excluding hydrogens is 506 g/mol. The number of halogens is 1. The maximum absolute atomic E-state index is 12.7. The molecule has 33 heavy (non-hydrogen) atoms. The lowest BCUT2D eigenvalue weighted by Gasteiger charge is -2.36. The Bertz CT molecular complexity index is 1110. The van der Waals surface area contributed by atoms with Crippen molar-refractivity contribution in [2.45, 2.75) is 18.6 Å². The van der Waals surface area contributed by atoms with Crippen LogP contribution >= 0.6 is 27.7 Å². The van der Waals surface area contributed by atoms with Gasteiger partial charge in [-0.3, -0.25) is 9.59 Å². The molecule has 0 radical (unpaired) electrons. The van der Waals surface area contributed by atoms with Crippen LogP contribution in [0.15, 0.2) is 62.6 Å². The number of nitrogens with one attached hydrogen (secondary N) is 1. The van der Waals surface area contributed by atoms with Gasteiger partial charge in [-0.05, 0) is 42.5 Å². The molecule has 0 saturated carbocycles. The minimum atomic E-state index is -0.135. The van der Waals surface area contributed by atoms with Crippen molar-refractivity contribution in [3.05, 3.63) is 64.5 Å². The highest BCUT2D eigenvalue weighted by molar-refractivity contribution is 9.10. The number of thioether (sulfide) groups is 1. The van der Waals surface area contributed by atoms with Crippen LogP contribution < -0.4 is 10.2 Å². The van der Waals surface area contributed by atoms with E-state index < -0.39 is 0 Å². The summed E-state index contributed by atoms with van der Waals surface area (Å²) in [5.74, 6) is 0.676. The van der Waals surface area contributed by atoms with Crippen LogP contribution in [0.5, 0.6) is 0 Å². The van der Waals surface area contributed by atoms with Gasteiger partial charge < -0.3 is 19.5 Å². The summed E-state index contributed by atoms with van der Waals surface area (Å²) in [4.78, 5) is 29.1. The first kappa shape index (κ1) is 23.3. The van der Waals surface area contributed by atoms with Crippen LogP contribution in [0.2, 0.25) is 0 Å². The fourth-order valence-electron chi connectivity index (χ4n) is 3.49. The van der Waals surface area contributed by atoms with Gasteiger partial charge in [-0.15, -0.1) is 10.2 Å². The lowest BCUT2D eigenvalue weighted by Crippen LogP contribution is -2.48. The third-order valence-electron chi connectivity index (χ3n) is 5.23. The Hall–Kier alpha value is -2.85. The zero-order valence-corrected chi connectivity index (χ0v) is 20.6. The first-order valence-electron chi connectivity index (χ1n) is 10.7. The standard InChI is InChI=1S/C23H24BrN5O3S/c1-2-21-26-27-23(32-21)33-15-20(30)25-18-6-8-19(9-7-18)28-10-12-29(13-11-28)22(31)16-4-3-5-17(24)14-16/h3-9,14H,2,10-13,15H2,1H3,(H,25,30). The second kappa shape index (κ2) is 10.8. The highest BCUT2D eigenvalue weighted by Gasteiger charge is 2.22. The van der Waals surface area contributed by atoms with Gasteiger partial charge in [0, 0.05) is 54.0 Å². The van der Waals surface area contributed by atoms with E-state index in [-0.39, 0.29) is 17.6 Å². The number of anilines is 2. The fourth-order valence-corrected chi connectivity index (χ4v) is 4.47. The summed E-state index contributed by atoms with van der Waals surface area (Å²) in [6.45, 7) is 4.77. The highest BCUT2D eigenvalue weighted by atomic mass is 79.9. The van der Waals surface area contributed by atoms with Crippen LogP contribution in [0.1, 0.15) is 23.2 Å². The topological polar surface area (TPSA) is 91.6 Å². The monoisotopic (exact) mass is 529 g/mol. The molecule has 4 rings (SSSR count). The third-order valence-corrected chi connectivity index (χ3v) is 6.54. The van der Waals surface area contributed by atoms with Crippen LogP contribution in [0.25, 0.3) is 0 Å². The predicted molar refractivity (Wildman–Crippen MR) is 132 cm³/mol. The van der Waals surface area contributed by atoms with Crippen molar-refractivity contribution in [2.24, 2.45) is 0 Å². The zero-order chi connectivity index (χ0) is 23.2. The lowest BCUT2D eigenvalue weighted by atomic mass is 10.1. The number of rotatable bonds is 7. The van der Waals surface area contributed by atoms with Crippen LogP contribution in [0.4, 0.5) is 11.4 Å². The van der Waals surface area contributed by atoms with Crippen molar-refractivity contribution in [1.29, 1.82) is 0 Å². The number of aromatic nitrogens is 2. The predicted octanol–water partition coefficient (Wildman–Crippen LogP) is 4.09. The summed E-state index contributed by atoms with van der Waals surface area (Å²) < 4.78 is 6.30. The maximum Gasteiger partial charge on any atom is 0.277 e. The number of carbonyl (C=O) groups excluding carboxylic acids is 2. The summed E-state index contributed by atoms with van der Waals surface area (Å²) in [7, 11) is 0. The molecule has 172 valence electrons. The summed E-state index contributed by atoms with van der Waals surface area (Å²) in [6.07, 6.45) is 0.669. The average molecular weight is 530 g/mol. The lowest BCUT2D eigenvalue weighted by molar-refractivity contribution is -0.113. The molecule has 1 aliphatic rings. The molecule has 1 saturated heterocycles. The second-order valence-electron chi connectivity index (χ2n) is 7.49. The van der Waals surface area contributed by atoms with Gasteiger partial charge >= 0.3 is 0 Å². The zero-order valence-electron chi connectivity index (χ0n) is 18.2. The third kappa shape index (κ3) is 6.14. The van der Waals surface area contributed by atoms with E-state index in [2.05, 4.69) is 36.3 Å². The number of piperazine rings is 1. The van der Waals surface area contributed by atoms with E-state index in [1.165, 1.54) is 11.8 Å². The molecule has 10 heteroatoms. The number of amides is 2. The SMILES string of the molecule is CCc1nnc(SCC(=O)Nc2ccc(N3CCN(C(=O)c4cccc(Br)c4)CC3)cc2)o1. The molecule has 2 aromatic carbocycles. The van der Waals surface area contributed by atoms with Crippen molar-refractivity contribution in [2.75, 3.05) is 42.1 Å². The van der Waals surface area contributed by atoms with Gasteiger partial charge in [0.2, 0.25) is 11.8 Å². The molecule has 1 aliphatic heterocycles. The van der Waals surface area contributed by atoms with Gasteiger partial charge in [-0.2, -0.15) is 0 Å². The Labute approximate surface area is 204 Å². The van der Waals surface area contributed by atoms with Gasteiger partial charge in [-0.1, -0.05) is 40.7 Å². The molecule has 1 N–H and O–H groups in total. The van der Waals surface area contributed by atoms with Crippen molar-refractivity contribution in [3.63, 3.8) is 0 Å². The molecule has 2 amide bonds. The van der Waals surface area contributed by atoms with Gasteiger partial charge in [0.25, 0.3) is 11.1 Å². The van der Waals surface area contributed by atoms with Crippen LogP contribution in [-0.4, -0.2) is 58.8 Å². The normalized spacial score (nSPS) is 13.8. The maximum atomic E-state index is 12.7. The Balaban J connectivity index is 1.25. The molecule has 2 heterocycles. The van der Waals surface area contributed by atoms with Crippen LogP contribution in [0.3, 0.4) is 0 Å². The first-order chi connectivity index (χ1) is 16.0. The second-order valence-corrected chi connectivity index (χ2v) is 9.33. The minimum absolute atomic E-state index is 0.0540. The van der Waals surface area contributed by atoms with E-state index in [1.54, 1.807) is 0 Å². The Morgan fingerprint density at radius 3 is 2.52 bits per heavy atom. The van der Waals surface area contributed by atoms with E-state index in [1.807, 2.05) is 60.4 Å². The van der Waals surface area contributed by atoms with E-state index in [9.17, 15) is 9.59 Å². The van der Waals surface area contributed by atoms with E-state index in [0.717, 1.165) is 28.9 Å². The van der Waals surface area contributed by atoms with Crippen LogP contribution in [-0.2, 0) is 11.2 Å². The van der Waals surface area contributed by atoms with Gasteiger partial charge in [-0.25, -0.2) is 0 Å². The van der Waals surface area contributed by atoms with E-state index in [0.29, 0.717) is 36.2 Å². The number of carbonyl (C=O) groups is 2. The molecule has 0 unspecified atom stereocenters. The Morgan fingerprint density at radius 2 is 1.85 bits per heavy atom. The molecule has 1 fully saturated rings. The smallest absolute Gasteiger partial charge is 0.277 e. The number of hydrogen-bond acceptors (Lipinski definition) is 7. The van der Waals surface area contributed by atoms with Crippen molar-refractivity contribution in [1.82, 2.24) is 15.1 Å². The van der Waals surface area contributed by atoms with Crippen molar-refractivity contribution >= 4 is 50.9 Å². The number of aryl methyl sites for hydroxylation is 1. The van der Waals surface area contributed by atoms with Crippen molar-refractivity contribution < 1.29 is 14.0 Å². The van der Waals surface area contributed by atoms with E-state index in [4.69, 9.17) is 4.42 Å². The highest BCUT2D eigenvalue weighted by Crippen LogP contribution is 2.22. The molecule has 1 aromatic heterocycles. The van der Waals surface area contributed by atoms with Crippen LogP contribution in [0, 0.1) is 0 Å². The van der Waals surface area contributed by atoms with Gasteiger partial charge in [0.1, 0.15) is 0 Å². The number of benzene rings is 2. The Kier molecular flexibility index (Phi) is 7.66. The molecular formula is C23H24BrN5O3S. The largest absolute Gasteiger partial charge is 0.416 e. The molecule has 0 atom stereocenters. The average Bonchev–Trinajstić information content (AvgIpc) is 3.31. The Morgan fingerprint density at radius 1 is 1.09 bits per heavy atom. The first-order valence-corrected chi connectivity index (χ1v) is 12.4. The van der Waals surface area contributed by atoms with Crippen molar-refractivity contribution in [3.8, 4) is 0 Å². The molecule has 0 spiro atoms. The molecule has 8 nitrogen and oxygen atoms in total. The summed E-state index contributed by atoms with van der Waals surface area (Å²) in [6, 6.07) is 15.2.